The first kappa shape index (κ1) is 17.0. The van der Waals surface area contributed by atoms with Gasteiger partial charge in [-0.15, -0.1) is 0 Å². The van der Waals surface area contributed by atoms with Crippen LogP contribution < -0.4 is 5.32 Å². The molecule has 0 aliphatic carbocycles. The second-order valence-electron chi connectivity index (χ2n) is 5.38. The molecule has 5 nitrogen and oxygen atoms in total. The highest BCUT2D eigenvalue weighted by Crippen LogP contribution is 2.25. The summed E-state index contributed by atoms with van der Waals surface area (Å²) in [6.45, 7) is -0.304. The Morgan fingerprint density at radius 2 is 1.96 bits per heavy atom. The van der Waals surface area contributed by atoms with Gasteiger partial charge in [-0.25, -0.2) is 0 Å². The largest absolute Gasteiger partial charge is 0.406 e. The van der Waals surface area contributed by atoms with Crippen molar-refractivity contribution in [2.75, 3.05) is 18.4 Å². The minimum absolute atomic E-state index is 0.248. The summed E-state index contributed by atoms with van der Waals surface area (Å²) in [5, 5.41) is 2.52. The van der Waals surface area contributed by atoms with Gasteiger partial charge in [0.2, 0.25) is 11.8 Å². The second kappa shape index (κ2) is 6.39. The summed E-state index contributed by atoms with van der Waals surface area (Å²) in [4.78, 5) is 35.9. The Labute approximate surface area is 130 Å². The van der Waals surface area contributed by atoms with Crippen molar-refractivity contribution in [1.82, 2.24) is 4.90 Å². The van der Waals surface area contributed by atoms with Gasteiger partial charge in [-0.2, -0.15) is 13.2 Å². The lowest BCUT2D eigenvalue weighted by molar-refractivity contribution is -0.157. The number of likely N-dealkylation sites (tertiary alicyclic amines) is 1. The summed E-state index contributed by atoms with van der Waals surface area (Å²) in [5.41, 5.74) is 0.587. The highest BCUT2D eigenvalue weighted by molar-refractivity contribution is 6.05. The second-order valence-corrected chi connectivity index (χ2v) is 5.38. The molecule has 1 aromatic carbocycles. The summed E-state index contributed by atoms with van der Waals surface area (Å²) < 4.78 is 37.1. The maximum Gasteiger partial charge on any atom is 0.406 e. The zero-order valence-electron chi connectivity index (χ0n) is 12.3. The molecule has 2 amide bonds. The number of hydrogen-bond donors (Lipinski definition) is 1. The van der Waals surface area contributed by atoms with Crippen LogP contribution in [0.1, 0.15) is 23.7 Å². The van der Waals surface area contributed by atoms with E-state index in [0.29, 0.717) is 10.5 Å². The van der Waals surface area contributed by atoms with Crippen LogP contribution in [0.3, 0.4) is 0 Å². The van der Waals surface area contributed by atoms with Crippen molar-refractivity contribution < 1.29 is 27.6 Å². The molecule has 8 heteroatoms. The minimum Gasteiger partial charge on any atom is -0.333 e. The first-order valence-electron chi connectivity index (χ1n) is 6.93. The molecule has 2 rings (SSSR count). The topological polar surface area (TPSA) is 66.5 Å². The summed E-state index contributed by atoms with van der Waals surface area (Å²) in [6.07, 6.45) is -4.77. The fourth-order valence-electron chi connectivity index (χ4n) is 2.45. The van der Waals surface area contributed by atoms with E-state index in [1.165, 1.54) is 19.1 Å². The number of para-hydroxylation sites is 1. The number of amides is 2. The van der Waals surface area contributed by atoms with E-state index in [4.69, 9.17) is 0 Å². The van der Waals surface area contributed by atoms with E-state index in [2.05, 4.69) is 5.32 Å². The average Bonchev–Trinajstić information content (AvgIpc) is 2.78. The van der Waals surface area contributed by atoms with Gasteiger partial charge in [-0.1, -0.05) is 12.1 Å². The molecule has 1 aliphatic rings. The number of halogens is 3. The molecule has 23 heavy (non-hydrogen) atoms. The van der Waals surface area contributed by atoms with Crippen LogP contribution in [0.15, 0.2) is 24.3 Å². The molecule has 124 valence electrons. The number of Topliss-reactive ketones (excluding diaryl/α,β-unsaturated/α-hetero) is 1. The third-order valence-electron chi connectivity index (χ3n) is 3.52. The lowest BCUT2D eigenvalue weighted by Crippen LogP contribution is -2.36. The molecule has 0 bridgehead atoms. The van der Waals surface area contributed by atoms with E-state index in [1.54, 1.807) is 12.1 Å². The molecule has 0 spiro atoms. The predicted molar refractivity (Wildman–Crippen MR) is 75.8 cm³/mol. The van der Waals surface area contributed by atoms with Gasteiger partial charge in [-0.05, 0) is 19.1 Å². The van der Waals surface area contributed by atoms with Crippen molar-refractivity contribution in [3.63, 3.8) is 0 Å². The van der Waals surface area contributed by atoms with E-state index >= 15 is 0 Å². The van der Waals surface area contributed by atoms with Gasteiger partial charge in [0.15, 0.2) is 5.78 Å². The smallest absolute Gasteiger partial charge is 0.333 e. The van der Waals surface area contributed by atoms with Crippen LogP contribution in [0.4, 0.5) is 18.9 Å². The zero-order chi connectivity index (χ0) is 17.2. The van der Waals surface area contributed by atoms with Crippen molar-refractivity contribution >= 4 is 23.3 Å². The minimum atomic E-state index is -4.50. The Kier molecular flexibility index (Phi) is 4.72. The molecular weight excluding hydrogens is 313 g/mol. The number of nitrogens with zero attached hydrogens (tertiary/aromatic N) is 1. The van der Waals surface area contributed by atoms with Gasteiger partial charge >= 0.3 is 6.18 Å². The van der Waals surface area contributed by atoms with Gasteiger partial charge in [0, 0.05) is 18.5 Å². The van der Waals surface area contributed by atoms with Crippen molar-refractivity contribution in [3.05, 3.63) is 29.8 Å². The van der Waals surface area contributed by atoms with Crippen molar-refractivity contribution in [3.8, 4) is 0 Å². The molecule has 1 N–H and O–H groups in total. The molecule has 1 atom stereocenters. The molecule has 1 saturated heterocycles. The van der Waals surface area contributed by atoms with Crippen LogP contribution in [0, 0.1) is 5.92 Å². The summed E-state index contributed by atoms with van der Waals surface area (Å²) >= 11 is 0. The van der Waals surface area contributed by atoms with E-state index in [0.717, 1.165) is 0 Å². The van der Waals surface area contributed by atoms with Gasteiger partial charge in [0.05, 0.1) is 11.6 Å². The Morgan fingerprint density at radius 3 is 2.57 bits per heavy atom. The maximum atomic E-state index is 12.4. The van der Waals surface area contributed by atoms with Crippen LogP contribution in [0.25, 0.3) is 0 Å². The number of anilines is 1. The van der Waals surface area contributed by atoms with Gasteiger partial charge in [0.1, 0.15) is 6.54 Å². The third-order valence-corrected chi connectivity index (χ3v) is 3.52. The Morgan fingerprint density at radius 1 is 1.30 bits per heavy atom. The van der Waals surface area contributed by atoms with E-state index in [9.17, 15) is 27.6 Å². The van der Waals surface area contributed by atoms with Crippen molar-refractivity contribution in [2.24, 2.45) is 5.92 Å². The quantitative estimate of drug-likeness (QED) is 0.862. The molecule has 0 saturated carbocycles. The Balaban J connectivity index is 2.05. The highest BCUT2D eigenvalue weighted by atomic mass is 19.4. The summed E-state index contributed by atoms with van der Waals surface area (Å²) in [5.74, 6) is -2.40. The first-order valence-corrected chi connectivity index (χ1v) is 6.93. The Bertz CT molecular complexity index is 643. The van der Waals surface area contributed by atoms with E-state index < -0.39 is 30.5 Å². The maximum absolute atomic E-state index is 12.4. The number of carbonyl (C=O) groups excluding carboxylic acids is 3. The molecule has 0 radical (unpaired) electrons. The summed E-state index contributed by atoms with van der Waals surface area (Å²) in [6, 6.07) is 6.32. The summed E-state index contributed by atoms with van der Waals surface area (Å²) in [7, 11) is 0. The van der Waals surface area contributed by atoms with Gasteiger partial charge in [-0.3, -0.25) is 14.4 Å². The third kappa shape index (κ3) is 4.30. The molecule has 1 aromatic rings. The normalized spacial score (nSPS) is 18.2. The van der Waals surface area contributed by atoms with E-state index in [1.807, 2.05) is 0 Å². The highest BCUT2D eigenvalue weighted by Gasteiger charge is 2.40. The van der Waals surface area contributed by atoms with Crippen LogP contribution in [0.5, 0.6) is 0 Å². The molecule has 1 unspecified atom stereocenters. The number of rotatable bonds is 4. The molecule has 1 heterocycles. The number of nitrogens with one attached hydrogen (secondary N) is 1. The fraction of sp³-hybridized carbons (Fsp3) is 0.400. The van der Waals surface area contributed by atoms with Gasteiger partial charge in [0.25, 0.3) is 0 Å². The number of hydrogen-bond acceptors (Lipinski definition) is 3. The standard InChI is InChI=1S/C15H15F3N2O3/c1-9(21)11-4-2-3-5-12(11)19-14(23)10-6-13(22)20(7-10)8-15(16,17)18/h2-5,10H,6-8H2,1H3,(H,19,23). The number of carbonyl (C=O) groups is 3. The van der Waals surface area contributed by atoms with Crippen LogP contribution in [-0.2, 0) is 9.59 Å². The van der Waals surface area contributed by atoms with Crippen molar-refractivity contribution in [1.29, 1.82) is 0 Å². The van der Waals surface area contributed by atoms with Gasteiger partial charge < -0.3 is 10.2 Å². The average molecular weight is 328 g/mol. The molecular formula is C15H15F3N2O3. The zero-order valence-corrected chi connectivity index (χ0v) is 12.3. The number of ketones is 1. The van der Waals surface area contributed by atoms with Crippen molar-refractivity contribution in [2.45, 2.75) is 19.5 Å². The van der Waals surface area contributed by atoms with Crippen LogP contribution >= 0.6 is 0 Å². The Hall–Kier alpha value is -2.38. The monoisotopic (exact) mass is 328 g/mol. The number of benzene rings is 1. The van der Waals surface area contributed by atoms with Crippen LogP contribution in [0.2, 0.25) is 0 Å². The predicted octanol–water partition coefficient (Wildman–Crippen LogP) is 2.24. The fourth-order valence-corrected chi connectivity index (χ4v) is 2.45. The lowest BCUT2D eigenvalue weighted by Gasteiger charge is -2.18. The van der Waals surface area contributed by atoms with E-state index in [-0.39, 0.29) is 24.4 Å². The molecule has 0 aromatic heterocycles. The van der Waals surface area contributed by atoms with Crippen LogP contribution in [-0.4, -0.2) is 41.8 Å². The molecule has 1 aliphatic heterocycles. The first-order chi connectivity index (χ1) is 10.7. The number of alkyl halides is 3. The SMILES string of the molecule is CC(=O)c1ccccc1NC(=O)C1CC(=O)N(CC(F)(F)F)C1. The lowest BCUT2D eigenvalue weighted by atomic mass is 10.1. The molecule has 1 fully saturated rings.